The SMILES string of the molecule is O=C(CCc1ccccc1)NCC(COP(=O)(O)O)S(=O)(=O)CC1CCCC1. The zero-order chi connectivity index (χ0) is 20.6. The first kappa shape index (κ1) is 23.0. The van der Waals surface area contributed by atoms with Crippen LogP contribution in [0.2, 0.25) is 0 Å². The normalized spacial score (nSPS) is 16.8. The lowest BCUT2D eigenvalue weighted by molar-refractivity contribution is -0.121. The number of aryl methyl sites for hydroxylation is 1. The lowest BCUT2D eigenvalue weighted by atomic mass is 10.1. The molecule has 1 aliphatic carbocycles. The van der Waals surface area contributed by atoms with E-state index in [9.17, 15) is 17.8 Å². The average Bonchev–Trinajstić information content (AvgIpc) is 3.11. The molecule has 0 spiro atoms. The van der Waals surface area contributed by atoms with Crippen molar-refractivity contribution >= 4 is 23.6 Å². The summed E-state index contributed by atoms with van der Waals surface area (Å²) in [5, 5.41) is 1.38. The molecule has 1 unspecified atom stereocenters. The molecule has 1 aromatic carbocycles. The predicted octanol–water partition coefficient (Wildman–Crippen LogP) is 1.82. The molecule has 10 heteroatoms. The Bertz CT molecular complexity index is 772. The third-order valence-electron chi connectivity index (χ3n) is 4.89. The Balaban J connectivity index is 1.92. The molecular formula is C18H28NO7PS. The van der Waals surface area contributed by atoms with Gasteiger partial charge in [-0.2, -0.15) is 0 Å². The van der Waals surface area contributed by atoms with E-state index in [1.807, 2.05) is 30.3 Å². The van der Waals surface area contributed by atoms with E-state index in [1.165, 1.54) is 0 Å². The van der Waals surface area contributed by atoms with E-state index in [0.717, 1.165) is 31.2 Å². The van der Waals surface area contributed by atoms with E-state index in [4.69, 9.17) is 9.79 Å². The number of phosphoric acid groups is 1. The smallest absolute Gasteiger partial charge is 0.355 e. The zero-order valence-electron chi connectivity index (χ0n) is 15.7. The second-order valence-electron chi connectivity index (χ2n) is 7.18. The van der Waals surface area contributed by atoms with Crippen LogP contribution in [-0.4, -0.2) is 48.3 Å². The van der Waals surface area contributed by atoms with Gasteiger partial charge in [-0.25, -0.2) is 13.0 Å². The molecule has 1 aliphatic rings. The third-order valence-corrected chi connectivity index (χ3v) is 7.63. The molecule has 1 saturated carbocycles. The fourth-order valence-electron chi connectivity index (χ4n) is 3.33. The van der Waals surface area contributed by atoms with Crippen molar-refractivity contribution in [3.8, 4) is 0 Å². The summed E-state index contributed by atoms with van der Waals surface area (Å²) in [6.07, 6.45) is 4.34. The Kier molecular flexibility index (Phi) is 8.64. The minimum absolute atomic E-state index is 0.0522. The van der Waals surface area contributed by atoms with Gasteiger partial charge in [0.1, 0.15) is 5.25 Å². The summed E-state index contributed by atoms with van der Waals surface area (Å²) < 4.78 is 40.9. The molecule has 1 fully saturated rings. The number of hydrogen-bond acceptors (Lipinski definition) is 5. The van der Waals surface area contributed by atoms with Gasteiger partial charge < -0.3 is 15.1 Å². The van der Waals surface area contributed by atoms with E-state index in [1.54, 1.807) is 0 Å². The van der Waals surface area contributed by atoms with Gasteiger partial charge in [-0.1, -0.05) is 43.2 Å². The molecule has 1 aromatic rings. The second kappa shape index (κ2) is 10.5. The van der Waals surface area contributed by atoms with E-state index >= 15 is 0 Å². The summed E-state index contributed by atoms with van der Waals surface area (Å²) in [6, 6.07) is 9.42. The highest BCUT2D eigenvalue weighted by Crippen LogP contribution is 2.36. The molecule has 0 aromatic heterocycles. The molecule has 8 nitrogen and oxygen atoms in total. The largest absolute Gasteiger partial charge is 0.469 e. The first-order valence-electron chi connectivity index (χ1n) is 9.38. The van der Waals surface area contributed by atoms with Crippen LogP contribution in [-0.2, 0) is 30.1 Å². The van der Waals surface area contributed by atoms with Crippen LogP contribution < -0.4 is 5.32 Å². The maximum absolute atomic E-state index is 12.7. The van der Waals surface area contributed by atoms with Crippen molar-refractivity contribution in [3.05, 3.63) is 35.9 Å². The maximum Gasteiger partial charge on any atom is 0.469 e. The van der Waals surface area contributed by atoms with Crippen molar-refractivity contribution in [1.29, 1.82) is 0 Å². The first-order valence-corrected chi connectivity index (χ1v) is 12.6. The number of phosphoric ester groups is 1. The molecule has 0 radical (unpaired) electrons. The highest BCUT2D eigenvalue weighted by atomic mass is 32.2. The topological polar surface area (TPSA) is 130 Å². The van der Waals surface area contributed by atoms with Crippen LogP contribution in [0.1, 0.15) is 37.7 Å². The first-order chi connectivity index (χ1) is 13.2. The van der Waals surface area contributed by atoms with E-state index in [-0.39, 0.29) is 30.5 Å². The lowest BCUT2D eigenvalue weighted by Gasteiger charge is -2.20. The summed E-state index contributed by atoms with van der Waals surface area (Å²) in [4.78, 5) is 29.9. The van der Waals surface area contributed by atoms with Crippen molar-refractivity contribution in [1.82, 2.24) is 5.32 Å². The summed E-state index contributed by atoms with van der Waals surface area (Å²) >= 11 is 0. The standard InChI is InChI=1S/C18H28NO7PS/c20-18(11-10-15-6-2-1-3-7-15)19-12-17(13-26-27(21,22)23)28(24,25)14-16-8-4-5-9-16/h1-3,6-7,16-17H,4-5,8-14H2,(H,19,20)(H2,21,22,23). The Hall–Kier alpha value is -1.25. The molecule has 2 rings (SSSR count). The molecule has 0 saturated heterocycles. The minimum atomic E-state index is -4.80. The van der Waals surface area contributed by atoms with Crippen molar-refractivity contribution in [2.24, 2.45) is 5.92 Å². The van der Waals surface area contributed by atoms with Gasteiger partial charge in [0.15, 0.2) is 9.84 Å². The highest BCUT2D eigenvalue weighted by molar-refractivity contribution is 7.92. The van der Waals surface area contributed by atoms with Gasteiger partial charge >= 0.3 is 7.82 Å². The molecular weight excluding hydrogens is 405 g/mol. The fourth-order valence-corrected chi connectivity index (χ4v) is 5.68. The van der Waals surface area contributed by atoms with Crippen LogP contribution in [0.4, 0.5) is 0 Å². The molecule has 28 heavy (non-hydrogen) atoms. The number of carbonyl (C=O) groups excluding carboxylic acids is 1. The van der Waals surface area contributed by atoms with E-state index in [0.29, 0.717) is 6.42 Å². The van der Waals surface area contributed by atoms with Gasteiger partial charge in [0, 0.05) is 13.0 Å². The van der Waals surface area contributed by atoms with Gasteiger partial charge in [-0.15, -0.1) is 0 Å². The lowest BCUT2D eigenvalue weighted by Crippen LogP contribution is -2.41. The van der Waals surface area contributed by atoms with Crippen LogP contribution >= 0.6 is 7.82 Å². The Labute approximate surface area is 165 Å². The number of hydrogen-bond donors (Lipinski definition) is 3. The van der Waals surface area contributed by atoms with E-state index < -0.39 is 29.5 Å². The Morgan fingerprint density at radius 3 is 2.46 bits per heavy atom. The summed E-state index contributed by atoms with van der Waals surface area (Å²) in [5.41, 5.74) is 0.993. The molecule has 1 amide bonds. The van der Waals surface area contributed by atoms with Gasteiger partial charge in [0.05, 0.1) is 12.4 Å². The average molecular weight is 433 g/mol. The number of rotatable bonds is 11. The van der Waals surface area contributed by atoms with Gasteiger partial charge in [0.25, 0.3) is 0 Å². The summed E-state index contributed by atoms with van der Waals surface area (Å²) in [7, 11) is -8.48. The number of sulfone groups is 1. The van der Waals surface area contributed by atoms with Crippen LogP contribution in [0.25, 0.3) is 0 Å². The molecule has 0 heterocycles. The molecule has 1 atom stereocenters. The van der Waals surface area contributed by atoms with Crippen molar-refractivity contribution in [2.75, 3.05) is 18.9 Å². The van der Waals surface area contributed by atoms with Gasteiger partial charge in [-0.3, -0.25) is 9.32 Å². The van der Waals surface area contributed by atoms with Gasteiger partial charge in [0.2, 0.25) is 5.91 Å². The van der Waals surface area contributed by atoms with Crippen LogP contribution in [0.5, 0.6) is 0 Å². The molecule has 0 aliphatic heterocycles. The quantitative estimate of drug-likeness (QED) is 0.454. The molecule has 158 valence electrons. The number of amides is 1. The Morgan fingerprint density at radius 2 is 1.86 bits per heavy atom. The zero-order valence-corrected chi connectivity index (χ0v) is 17.4. The number of nitrogens with one attached hydrogen (secondary N) is 1. The molecule has 3 N–H and O–H groups in total. The highest BCUT2D eigenvalue weighted by Gasteiger charge is 2.32. The summed E-state index contributed by atoms with van der Waals surface area (Å²) in [6.45, 7) is -0.888. The Morgan fingerprint density at radius 1 is 1.21 bits per heavy atom. The summed E-state index contributed by atoms with van der Waals surface area (Å²) in [5.74, 6) is -0.320. The van der Waals surface area contributed by atoms with Crippen molar-refractivity contribution in [3.63, 3.8) is 0 Å². The van der Waals surface area contributed by atoms with Crippen LogP contribution in [0, 0.1) is 5.92 Å². The fraction of sp³-hybridized carbons (Fsp3) is 0.611. The number of benzene rings is 1. The maximum atomic E-state index is 12.7. The van der Waals surface area contributed by atoms with Crippen LogP contribution in [0.15, 0.2) is 30.3 Å². The molecule has 0 bridgehead atoms. The van der Waals surface area contributed by atoms with Crippen molar-refractivity contribution in [2.45, 2.75) is 43.8 Å². The van der Waals surface area contributed by atoms with Gasteiger partial charge in [-0.05, 0) is 30.7 Å². The third kappa shape index (κ3) is 8.41. The van der Waals surface area contributed by atoms with Crippen molar-refractivity contribution < 1.29 is 32.1 Å². The monoisotopic (exact) mass is 433 g/mol. The van der Waals surface area contributed by atoms with Crippen LogP contribution in [0.3, 0.4) is 0 Å². The number of carbonyl (C=O) groups is 1. The van der Waals surface area contributed by atoms with E-state index in [2.05, 4.69) is 9.84 Å². The second-order valence-corrected chi connectivity index (χ2v) is 10.7. The predicted molar refractivity (Wildman–Crippen MR) is 105 cm³/mol. The minimum Gasteiger partial charge on any atom is -0.355 e.